The number of fused-ring (bicyclic) bond motifs is 1. The minimum absolute atomic E-state index is 0.287. The van der Waals surface area contributed by atoms with Crippen molar-refractivity contribution in [2.45, 2.75) is 6.92 Å². The number of aryl methyl sites for hydroxylation is 1. The van der Waals surface area contributed by atoms with Gasteiger partial charge in [0.1, 0.15) is 0 Å². The maximum atomic E-state index is 12.7. The molecule has 4 aromatic rings. The van der Waals surface area contributed by atoms with Crippen LogP contribution in [-0.2, 0) is 0 Å². The van der Waals surface area contributed by atoms with E-state index in [1.165, 1.54) is 18.5 Å². The molecule has 2 heterocycles. The number of nitrogens with one attached hydrogen (secondary N) is 2. The van der Waals surface area contributed by atoms with Crippen LogP contribution in [0.5, 0.6) is 0 Å². The van der Waals surface area contributed by atoms with Gasteiger partial charge in [-0.05, 0) is 37.3 Å². The van der Waals surface area contributed by atoms with E-state index in [-0.39, 0.29) is 17.4 Å². The van der Waals surface area contributed by atoms with Crippen LogP contribution in [0.4, 0.5) is 11.4 Å². The molecule has 0 bridgehead atoms. The Balaban J connectivity index is 1.54. The Morgan fingerprint density at radius 1 is 0.828 bits per heavy atom. The molecular formula is C23H18N4O2. The number of rotatable bonds is 4. The Hall–Kier alpha value is -4.06. The summed E-state index contributed by atoms with van der Waals surface area (Å²) >= 11 is 0. The van der Waals surface area contributed by atoms with Crippen molar-refractivity contribution >= 4 is 34.1 Å². The number of anilines is 2. The lowest BCUT2D eigenvalue weighted by atomic mass is 10.1. The van der Waals surface area contributed by atoms with Crippen molar-refractivity contribution in [3.8, 4) is 0 Å². The smallest absolute Gasteiger partial charge is 0.257 e. The highest BCUT2D eigenvalue weighted by molar-refractivity contribution is 6.10. The van der Waals surface area contributed by atoms with Gasteiger partial charge in [0.25, 0.3) is 11.8 Å². The van der Waals surface area contributed by atoms with Crippen LogP contribution in [0.3, 0.4) is 0 Å². The van der Waals surface area contributed by atoms with Crippen molar-refractivity contribution < 1.29 is 9.59 Å². The van der Waals surface area contributed by atoms with Crippen molar-refractivity contribution in [3.05, 3.63) is 95.9 Å². The highest BCUT2D eigenvalue weighted by atomic mass is 16.2. The van der Waals surface area contributed by atoms with E-state index in [1.807, 2.05) is 55.5 Å². The van der Waals surface area contributed by atoms with Crippen LogP contribution < -0.4 is 10.6 Å². The fourth-order valence-electron chi connectivity index (χ4n) is 2.93. The second-order valence-corrected chi connectivity index (χ2v) is 6.62. The number of aromatic nitrogens is 2. The minimum atomic E-state index is -0.361. The van der Waals surface area contributed by atoms with Gasteiger partial charge in [0.2, 0.25) is 0 Å². The number of amides is 2. The fourth-order valence-corrected chi connectivity index (χ4v) is 2.93. The first-order valence-electron chi connectivity index (χ1n) is 9.08. The van der Waals surface area contributed by atoms with Crippen LogP contribution in [-0.4, -0.2) is 21.8 Å². The molecule has 0 aliphatic rings. The van der Waals surface area contributed by atoms with Gasteiger partial charge >= 0.3 is 0 Å². The van der Waals surface area contributed by atoms with Gasteiger partial charge in [0, 0.05) is 29.7 Å². The molecule has 29 heavy (non-hydrogen) atoms. The first kappa shape index (κ1) is 18.3. The lowest BCUT2D eigenvalue weighted by molar-refractivity contribution is 0.102. The predicted molar refractivity (Wildman–Crippen MR) is 113 cm³/mol. The topological polar surface area (TPSA) is 84.0 Å². The van der Waals surface area contributed by atoms with Gasteiger partial charge in [-0.3, -0.25) is 19.6 Å². The zero-order valence-electron chi connectivity index (χ0n) is 15.7. The summed E-state index contributed by atoms with van der Waals surface area (Å²) in [5.41, 5.74) is 3.67. The molecule has 0 aliphatic heterocycles. The van der Waals surface area contributed by atoms with Gasteiger partial charge in [0.05, 0.1) is 22.3 Å². The standard InChI is InChI=1S/C23H18N4O2/c1-15-7-9-19(10-8-15)26-22(28)17-12-18(14-24-13-17)23(29)27-20-6-2-4-16-5-3-11-25-21(16)20/h2-14H,1H3,(H,26,28)(H,27,29). The second kappa shape index (κ2) is 7.90. The van der Waals surface area contributed by atoms with Crippen LogP contribution in [0.1, 0.15) is 26.3 Å². The van der Waals surface area contributed by atoms with Crippen molar-refractivity contribution in [2.75, 3.05) is 10.6 Å². The van der Waals surface area contributed by atoms with E-state index in [0.717, 1.165) is 10.9 Å². The molecule has 0 fully saturated rings. The van der Waals surface area contributed by atoms with E-state index in [4.69, 9.17) is 0 Å². The van der Waals surface area contributed by atoms with Gasteiger partial charge in [0.15, 0.2) is 0 Å². The molecule has 0 spiro atoms. The molecule has 0 unspecified atom stereocenters. The Bertz CT molecular complexity index is 1200. The molecule has 142 valence electrons. The van der Waals surface area contributed by atoms with Crippen LogP contribution >= 0.6 is 0 Å². The van der Waals surface area contributed by atoms with E-state index < -0.39 is 0 Å². The average Bonchev–Trinajstić information content (AvgIpc) is 2.75. The van der Waals surface area contributed by atoms with E-state index in [1.54, 1.807) is 12.3 Å². The maximum Gasteiger partial charge on any atom is 0.257 e. The second-order valence-electron chi connectivity index (χ2n) is 6.62. The zero-order chi connectivity index (χ0) is 20.2. The Kier molecular flexibility index (Phi) is 4.99. The lowest BCUT2D eigenvalue weighted by Gasteiger charge is -2.09. The van der Waals surface area contributed by atoms with Crippen LogP contribution in [0.25, 0.3) is 10.9 Å². The molecule has 0 radical (unpaired) electrons. The van der Waals surface area contributed by atoms with Crippen molar-refractivity contribution in [1.29, 1.82) is 0 Å². The monoisotopic (exact) mass is 382 g/mol. The molecular weight excluding hydrogens is 364 g/mol. The van der Waals surface area contributed by atoms with Gasteiger partial charge in [-0.25, -0.2) is 0 Å². The number of carbonyl (C=O) groups is 2. The van der Waals surface area contributed by atoms with Crippen LogP contribution in [0.2, 0.25) is 0 Å². The molecule has 2 aromatic heterocycles. The maximum absolute atomic E-state index is 12.7. The lowest BCUT2D eigenvalue weighted by Crippen LogP contribution is -2.16. The highest BCUT2D eigenvalue weighted by Gasteiger charge is 2.13. The number of para-hydroxylation sites is 1. The first-order valence-corrected chi connectivity index (χ1v) is 9.08. The molecule has 4 rings (SSSR count). The highest BCUT2D eigenvalue weighted by Crippen LogP contribution is 2.21. The van der Waals surface area contributed by atoms with Gasteiger partial charge in [-0.2, -0.15) is 0 Å². The normalized spacial score (nSPS) is 10.5. The van der Waals surface area contributed by atoms with E-state index >= 15 is 0 Å². The molecule has 0 saturated heterocycles. The quantitative estimate of drug-likeness (QED) is 0.546. The van der Waals surface area contributed by atoms with E-state index in [9.17, 15) is 9.59 Å². The van der Waals surface area contributed by atoms with E-state index in [0.29, 0.717) is 22.5 Å². The minimum Gasteiger partial charge on any atom is -0.322 e. The summed E-state index contributed by atoms with van der Waals surface area (Å²) in [7, 11) is 0. The Labute approximate surface area is 167 Å². The number of pyridine rings is 2. The summed E-state index contributed by atoms with van der Waals surface area (Å²) in [6.45, 7) is 1.98. The SMILES string of the molecule is Cc1ccc(NC(=O)c2cncc(C(=O)Nc3cccc4cccnc34)c2)cc1. The van der Waals surface area contributed by atoms with Crippen LogP contribution in [0.15, 0.2) is 79.3 Å². The number of nitrogens with zero attached hydrogens (tertiary/aromatic N) is 2. The first-order chi connectivity index (χ1) is 14.1. The number of hydrogen-bond donors (Lipinski definition) is 2. The summed E-state index contributed by atoms with van der Waals surface area (Å²) < 4.78 is 0. The Morgan fingerprint density at radius 2 is 1.52 bits per heavy atom. The number of benzene rings is 2. The summed E-state index contributed by atoms with van der Waals surface area (Å²) in [5.74, 6) is -0.691. The van der Waals surface area contributed by atoms with Gasteiger partial charge in [-0.1, -0.05) is 35.9 Å². The molecule has 0 saturated carbocycles. The molecule has 0 aliphatic carbocycles. The summed E-state index contributed by atoms with van der Waals surface area (Å²) in [6.07, 6.45) is 4.53. The molecule has 6 nitrogen and oxygen atoms in total. The predicted octanol–water partition coefficient (Wildman–Crippen LogP) is 4.44. The largest absolute Gasteiger partial charge is 0.322 e. The van der Waals surface area contributed by atoms with Gasteiger partial charge < -0.3 is 10.6 Å². The third-order valence-corrected chi connectivity index (χ3v) is 4.45. The number of hydrogen-bond acceptors (Lipinski definition) is 4. The molecule has 2 amide bonds. The molecule has 0 atom stereocenters. The fraction of sp³-hybridized carbons (Fsp3) is 0.0435. The van der Waals surface area contributed by atoms with Crippen LogP contribution in [0, 0.1) is 6.92 Å². The third-order valence-electron chi connectivity index (χ3n) is 4.45. The summed E-state index contributed by atoms with van der Waals surface area (Å²) in [5, 5.41) is 6.58. The summed E-state index contributed by atoms with van der Waals surface area (Å²) in [6, 6.07) is 18.3. The summed E-state index contributed by atoms with van der Waals surface area (Å²) in [4.78, 5) is 33.6. The van der Waals surface area contributed by atoms with Crippen molar-refractivity contribution in [3.63, 3.8) is 0 Å². The van der Waals surface area contributed by atoms with E-state index in [2.05, 4.69) is 20.6 Å². The average molecular weight is 382 g/mol. The zero-order valence-corrected chi connectivity index (χ0v) is 15.7. The molecule has 6 heteroatoms. The van der Waals surface area contributed by atoms with Gasteiger partial charge in [-0.15, -0.1) is 0 Å². The van der Waals surface area contributed by atoms with Crippen molar-refractivity contribution in [2.24, 2.45) is 0 Å². The Morgan fingerprint density at radius 3 is 2.28 bits per heavy atom. The molecule has 2 N–H and O–H groups in total. The number of carbonyl (C=O) groups excluding carboxylic acids is 2. The molecule has 2 aromatic carbocycles. The van der Waals surface area contributed by atoms with Crippen molar-refractivity contribution in [1.82, 2.24) is 9.97 Å². The third kappa shape index (κ3) is 4.11.